The fourth-order valence-electron chi connectivity index (χ4n) is 1.32. The molecule has 0 aliphatic heterocycles. The van der Waals surface area contributed by atoms with Crippen LogP contribution in [0.5, 0.6) is 0 Å². The maximum absolute atomic E-state index is 8.30. The zero-order valence-corrected chi connectivity index (χ0v) is 9.02. The molecule has 2 aromatic carbocycles. The summed E-state index contributed by atoms with van der Waals surface area (Å²) >= 11 is 0. The SMILES string of the molecule is [2H]c1cc(-c2nc([2H])c(-c3c([2H])c([2H])c([2H])c([2H])c3[2H])c([2H])c2[2H])c([2H])c([2H])c1[2H]. The molecular formula is C17H13N. The van der Waals surface area contributed by atoms with E-state index in [0.717, 1.165) is 6.07 Å². The maximum atomic E-state index is 8.30. The van der Waals surface area contributed by atoms with E-state index in [9.17, 15) is 0 Å². The summed E-state index contributed by atoms with van der Waals surface area (Å²) in [5.41, 5.74) is -1.38. The monoisotopic (exact) mass is 243 g/mol. The molecule has 18 heavy (non-hydrogen) atoms. The van der Waals surface area contributed by atoms with E-state index in [1.807, 2.05) is 0 Å². The molecule has 86 valence electrons. The third kappa shape index (κ3) is 2.16. The highest BCUT2D eigenvalue weighted by Gasteiger charge is 2.00. The Morgan fingerprint density at radius 2 is 1.39 bits per heavy atom. The molecule has 0 radical (unpaired) electrons. The fourth-order valence-corrected chi connectivity index (χ4v) is 1.32. The highest BCUT2D eigenvalue weighted by atomic mass is 14.7. The first kappa shape index (κ1) is 3.79. The summed E-state index contributed by atoms with van der Waals surface area (Å²) in [6.45, 7) is 0. The Labute approximate surface area is 124 Å². The fraction of sp³-hybridized carbons (Fsp3) is 0. The quantitative estimate of drug-likeness (QED) is 0.649. The van der Waals surface area contributed by atoms with Crippen LogP contribution in [0.1, 0.15) is 16.4 Å². The molecule has 1 aromatic heterocycles. The zero-order valence-electron chi connectivity index (χ0n) is 21.0. The molecule has 0 spiro atoms. The molecule has 3 rings (SSSR count). The van der Waals surface area contributed by atoms with Crippen LogP contribution in [0.25, 0.3) is 22.4 Å². The van der Waals surface area contributed by atoms with Gasteiger partial charge >= 0.3 is 0 Å². The van der Waals surface area contributed by atoms with Crippen molar-refractivity contribution in [3.63, 3.8) is 0 Å². The van der Waals surface area contributed by atoms with E-state index in [1.165, 1.54) is 0 Å². The van der Waals surface area contributed by atoms with Crippen molar-refractivity contribution in [2.75, 3.05) is 0 Å². The Kier molecular flexibility index (Phi) is 1.02. The first-order chi connectivity index (χ1) is 13.9. The van der Waals surface area contributed by atoms with Gasteiger partial charge in [-0.3, -0.25) is 4.98 Å². The molecule has 3 aromatic rings. The molecule has 0 fully saturated rings. The van der Waals surface area contributed by atoms with E-state index in [2.05, 4.69) is 4.98 Å². The summed E-state index contributed by atoms with van der Waals surface area (Å²) in [6.07, 6.45) is -0.656. The van der Waals surface area contributed by atoms with Crippen molar-refractivity contribution in [1.82, 2.24) is 4.98 Å². The van der Waals surface area contributed by atoms with Gasteiger partial charge in [-0.25, -0.2) is 0 Å². The highest BCUT2D eigenvalue weighted by molar-refractivity contribution is 5.66. The predicted molar refractivity (Wildman–Crippen MR) is 75.1 cm³/mol. The Morgan fingerprint density at radius 3 is 2.22 bits per heavy atom. The Bertz CT molecular complexity index is 1190. The van der Waals surface area contributed by atoms with Crippen molar-refractivity contribution < 1.29 is 16.4 Å². The molecule has 1 heteroatoms. The smallest absolute Gasteiger partial charge is 0.0847 e. The van der Waals surface area contributed by atoms with Gasteiger partial charge in [0.25, 0.3) is 0 Å². The van der Waals surface area contributed by atoms with Crippen LogP contribution < -0.4 is 0 Å². The lowest BCUT2D eigenvalue weighted by atomic mass is 10.1. The van der Waals surface area contributed by atoms with Crippen molar-refractivity contribution >= 4 is 0 Å². The van der Waals surface area contributed by atoms with E-state index >= 15 is 0 Å². The first-order valence-corrected chi connectivity index (χ1v) is 5.02. The lowest BCUT2D eigenvalue weighted by molar-refractivity contribution is 1.32. The van der Waals surface area contributed by atoms with Crippen molar-refractivity contribution in [2.45, 2.75) is 0 Å². The van der Waals surface area contributed by atoms with Crippen LogP contribution >= 0.6 is 0 Å². The van der Waals surface area contributed by atoms with Crippen LogP contribution in [-0.2, 0) is 0 Å². The van der Waals surface area contributed by atoms with Crippen molar-refractivity contribution in [2.24, 2.45) is 0 Å². The van der Waals surface area contributed by atoms with Gasteiger partial charge < -0.3 is 0 Å². The van der Waals surface area contributed by atoms with Gasteiger partial charge in [0.15, 0.2) is 0 Å². The van der Waals surface area contributed by atoms with Gasteiger partial charge in [-0.05, 0) is 11.6 Å². The minimum atomic E-state index is -0.656. The topological polar surface area (TPSA) is 12.9 Å². The molecule has 1 nitrogen and oxygen atoms in total. The molecule has 0 saturated heterocycles. The average Bonchev–Trinajstić information content (AvgIpc) is 2.71. The van der Waals surface area contributed by atoms with Crippen LogP contribution in [0, 0.1) is 0 Å². The number of hydrogen-bond acceptors (Lipinski definition) is 1. The summed E-state index contributed by atoms with van der Waals surface area (Å²) in [6, 6.07) is -5.35. The molecule has 0 atom stereocenters. The number of hydrogen-bond donors (Lipinski definition) is 0. The summed E-state index contributed by atoms with van der Waals surface area (Å²) < 4.78 is 95.2. The molecule has 0 amide bonds. The molecule has 0 N–H and O–H groups in total. The van der Waals surface area contributed by atoms with E-state index in [1.54, 1.807) is 0 Å². The molecular weight excluding hydrogens is 218 g/mol. The van der Waals surface area contributed by atoms with Crippen LogP contribution in [-0.4, -0.2) is 4.98 Å². The van der Waals surface area contributed by atoms with E-state index in [4.69, 9.17) is 16.4 Å². The maximum Gasteiger partial charge on any atom is 0.0847 e. The molecule has 0 aliphatic rings. The second-order valence-corrected chi connectivity index (χ2v) is 3.27. The summed E-state index contributed by atoms with van der Waals surface area (Å²) in [5, 5.41) is 0. The van der Waals surface area contributed by atoms with Crippen molar-refractivity contribution in [3.8, 4) is 22.4 Å². The first-order valence-electron chi connectivity index (χ1n) is 11.0. The van der Waals surface area contributed by atoms with Gasteiger partial charge in [-0.2, -0.15) is 0 Å². The van der Waals surface area contributed by atoms with Crippen LogP contribution in [0.15, 0.2) is 78.7 Å². The lowest BCUT2D eigenvalue weighted by Crippen LogP contribution is -1.84. The normalized spacial score (nSPS) is 19.6. The molecule has 0 aliphatic carbocycles. The zero-order chi connectivity index (χ0) is 22.7. The van der Waals surface area contributed by atoms with E-state index < -0.39 is 77.7 Å². The van der Waals surface area contributed by atoms with Crippen molar-refractivity contribution in [3.05, 3.63) is 78.7 Å². The molecule has 0 bridgehead atoms. The minimum absolute atomic E-state index is 0.180. The number of aromatic nitrogens is 1. The number of nitrogens with zero attached hydrogens (tertiary/aromatic N) is 1. The third-order valence-corrected chi connectivity index (χ3v) is 2.14. The van der Waals surface area contributed by atoms with Gasteiger partial charge in [-0.1, -0.05) is 66.5 Å². The van der Waals surface area contributed by atoms with Crippen LogP contribution in [0.3, 0.4) is 0 Å². The van der Waals surface area contributed by atoms with Crippen LogP contribution in [0.4, 0.5) is 0 Å². The average molecular weight is 243 g/mol. The summed E-state index contributed by atoms with van der Waals surface area (Å²) in [4.78, 5) is 3.89. The van der Waals surface area contributed by atoms with Crippen molar-refractivity contribution in [1.29, 1.82) is 0 Å². The second kappa shape index (κ2) is 4.84. The van der Waals surface area contributed by atoms with Gasteiger partial charge in [-0.15, -0.1) is 0 Å². The van der Waals surface area contributed by atoms with Gasteiger partial charge in [0.2, 0.25) is 0 Å². The lowest BCUT2D eigenvalue weighted by Gasteiger charge is -2.03. The third-order valence-electron chi connectivity index (χ3n) is 2.14. The number of rotatable bonds is 2. The Balaban J connectivity index is 2.38. The molecule has 0 saturated carbocycles. The summed E-state index contributed by atoms with van der Waals surface area (Å²) in [5.74, 6) is 0. The Hall–Kier alpha value is -2.41. The largest absolute Gasteiger partial charge is 0.256 e. The standard InChI is InChI=1S/C17H13N/c1-3-7-14(8-4-1)16-11-12-17(18-13-16)15-9-5-2-6-10-15/h1-13H/i1D,2D,3D,4D,5D,6D,7D,8D,9D,11D,12D,13D. The number of benzene rings is 2. The molecule has 0 unspecified atom stereocenters. The van der Waals surface area contributed by atoms with Gasteiger partial charge in [0.1, 0.15) is 0 Å². The second-order valence-electron chi connectivity index (χ2n) is 3.27. The highest BCUT2D eigenvalue weighted by Crippen LogP contribution is 2.21. The van der Waals surface area contributed by atoms with E-state index in [0.29, 0.717) is 0 Å². The summed E-state index contributed by atoms with van der Waals surface area (Å²) in [7, 11) is 0. The van der Waals surface area contributed by atoms with E-state index in [-0.39, 0.29) is 17.3 Å². The van der Waals surface area contributed by atoms with Crippen LogP contribution in [0.2, 0.25) is 0 Å². The van der Waals surface area contributed by atoms with Gasteiger partial charge in [0, 0.05) is 17.3 Å². The van der Waals surface area contributed by atoms with Gasteiger partial charge in [0.05, 0.1) is 22.1 Å². The number of pyridine rings is 1. The minimum Gasteiger partial charge on any atom is -0.256 e. The Morgan fingerprint density at radius 1 is 0.667 bits per heavy atom. The predicted octanol–water partition coefficient (Wildman–Crippen LogP) is 4.42. The molecule has 1 heterocycles.